The van der Waals surface area contributed by atoms with Crippen molar-refractivity contribution in [2.75, 3.05) is 20.1 Å². The van der Waals surface area contributed by atoms with Gasteiger partial charge in [0.25, 0.3) is 0 Å². The number of nitrogens with one attached hydrogen (secondary N) is 1. The molecule has 1 heterocycles. The Morgan fingerprint density at radius 3 is 2.53 bits per heavy atom. The lowest BCUT2D eigenvalue weighted by Gasteiger charge is -2.32. The molecule has 1 saturated heterocycles. The molecule has 4 heteroatoms. The third-order valence-corrected chi connectivity index (χ3v) is 4.10. The second-order valence-corrected chi connectivity index (χ2v) is 5.38. The molecule has 0 amide bonds. The molecule has 1 aliphatic rings. The first-order chi connectivity index (χ1) is 9.08. The molecule has 0 saturated carbocycles. The fraction of sp³-hybridized carbons (Fsp3) is 0.600. The summed E-state index contributed by atoms with van der Waals surface area (Å²) in [5, 5.41) is 3.38. The fourth-order valence-electron chi connectivity index (χ4n) is 2.78. The summed E-state index contributed by atoms with van der Waals surface area (Å²) in [6.07, 6.45) is 3.36. The van der Waals surface area contributed by atoms with Crippen LogP contribution in [-0.2, 0) is 0 Å². The van der Waals surface area contributed by atoms with Crippen LogP contribution in [0.4, 0.5) is 8.78 Å². The molecule has 0 aliphatic carbocycles. The van der Waals surface area contributed by atoms with Crippen LogP contribution in [0.2, 0.25) is 0 Å². The molecule has 2 atom stereocenters. The molecule has 1 aromatic carbocycles. The molecule has 0 bridgehead atoms. The monoisotopic (exact) mass is 268 g/mol. The second kappa shape index (κ2) is 6.44. The minimum atomic E-state index is -0.502. The highest BCUT2D eigenvalue weighted by molar-refractivity contribution is 5.21. The van der Waals surface area contributed by atoms with Crippen LogP contribution in [0.1, 0.15) is 37.8 Å². The number of nitrogens with zero attached hydrogens (tertiary/aromatic N) is 1. The van der Waals surface area contributed by atoms with E-state index in [0.717, 1.165) is 38.4 Å². The number of hydrogen-bond acceptors (Lipinski definition) is 2. The lowest BCUT2D eigenvalue weighted by Crippen LogP contribution is -2.34. The number of rotatable bonds is 3. The van der Waals surface area contributed by atoms with Gasteiger partial charge in [0.1, 0.15) is 11.6 Å². The summed E-state index contributed by atoms with van der Waals surface area (Å²) < 4.78 is 26.6. The first-order valence-corrected chi connectivity index (χ1v) is 6.96. The van der Waals surface area contributed by atoms with Crippen molar-refractivity contribution in [3.8, 4) is 0 Å². The van der Waals surface area contributed by atoms with Gasteiger partial charge in [0.2, 0.25) is 0 Å². The van der Waals surface area contributed by atoms with Crippen LogP contribution in [0.15, 0.2) is 18.2 Å². The van der Waals surface area contributed by atoms with Gasteiger partial charge in [0.05, 0.1) is 0 Å². The van der Waals surface area contributed by atoms with Gasteiger partial charge < -0.3 is 5.32 Å². The maximum atomic E-state index is 13.3. The van der Waals surface area contributed by atoms with Crippen molar-refractivity contribution < 1.29 is 8.78 Å². The van der Waals surface area contributed by atoms with Gasteiger partial charge in [-0.25, -0.2) is 8.78 Å². The van der Waals surface area contributed by atoms with Gasteiger partial charge in [-0.2, -0.15) is 0 Å². The van der Waals surface area contributed by atoms with Crippen LogP contribution in [0.25, 0.3) is 0 Å². The molecule has 1 N–H and O–H groups in total. The van der Waals surface area contributed by atoms with E-state index in [0.29, 0.717) is 11.6 Å². The van der Waals surface area contributed by atoms with Crippen molar-refractivity contribution in [1.82, 2.24) is 10.2 Å². The van der Waals surface area contributed by atoms with E-state index in [1.165, 1.54) is 12.1 Å². The molecule has 1 aromatic rings. The van der Waals surface area contributed by atoms with Gasteiger partial charge in [-0.1, -0.05) is 0 Å². The second-order valence-electron chi connectivity index (χ2n) is 5.38. The van der Waals surface area contributed by atoms with Gasteiger partial charge in [-0.3, -0.25) is 4.90 Å². The first-order valence-electron chi connectivity index (χ1n) is 6.96. The van der Waals surface area contributed by atoms with Crippen LogP contribution in [0.5, 0.6) is 0 Å². The maximum absolute atomic E-state index is 13.3. The summed E-state index contributed by atoms with van der Waals surface area (Å²) >= 11 is 0. The highest BCUT2D eigenvalue weighted by atomic mass is 19.1. The van der Waals surface area contributed by atoms with Crippen molar-refractivity contribution >= 4 is 0 Å². The number of hydrogen-bond donors (Lipinski definition) is 1. The number of halogens is 2. The Bertz CT molecular complexity index is 394. The van der Waals surface area contributed by atoms with Crippen LogP contribution in [-0.4, -0.2) is 31.1 Å². The van der Waals surface area contributed by atoms with E-state index in [1.54, 1.807) is 0 Å². The quantitative estimate of drug-likeness (QED) is 0.906. The molecule has 106 valence electrons. The van der Waals surface area contributed by atoms with E-state index < -0.39 is 11.6 Å². The summed E-state index contributed by atoms with van der Waals surface area (Å²) in [5.74, 6) is -1.00. The van der Waals surface area contributed by atoms with Gasteiger partial charge >= 0.3 is 0 Å². The normalized spacial score (nSPS) is 22.3. The molecule has 2 rings (SSSR count). The summed E-state index contributed by atoms with van der Waals surface area (Å²) in [7, 11) is 2.05. The minimum Gasteiger partial charge on any atom is -0.317 e. The maximum Gasteiger partial charge on any atom is 0.126 e. The van der Waals surface area contributed by atoms with Crippen molar-refractivity contribution in [3.63, 3.8) is 0 Å². The van der Waals surface area contributed by atoms with Crippen LogP contribution >= 0.6 is 0 Å². The Balaban J connectivity index is 2.10. The van der Waals surface area contributed by atoms with Gasteiger partial charge in [-0.05, 0) is 64.0 Å². The highest BCUT2D eigenvalue weighted by Crippen LogP contribution is 2.25. The third-order valence-electron chi connectivity index (χ3n) is 4.10. The lowest BCUT2D eigenvalue weighted by atomic mass is 10.0. The van der Waals surface area contributed by atoms with Gasteiger partial charge in [0, 0.05) is 18.2 Å². The standard InChI is InChI=1S/C15H22F2N2/c1-11(12-8-13(16)10-14(17)9-12)19(2)15-4-3-6-18-7-5-15/h8-11,15,18H,3-7H2,1-2H3. The Morgan fingerprint density at radius 2 is 1.84 bits per heavy atom. The highest BCUT2D eigenvalue weighted by Gasteiger charge is 2.22. The summed E-state index contributed by atoms with van der Waals surface area (Å²) in [6, 6.07) is 4.27. The first kappa shape index (κ1) is 14.4. The van der Waals surface area contributed by atoms with E-state index >= 15 is 0 Å². The Hall–Kier alpha value is -1.00. The Labute approximate surface area is 113 Å². The smallest absolute Gasteiger partial charge is 0.126 e. The zero-order chi connectivity index (χ0) is 13.8. The average Bonchev–Trinajstić information content (AvgIpc) is 2.64. The molecular formula is C15H22F2N2. The average molecular weight is 268 g/mol. The van der Waals surface area contributed by atoms with E-state index in [2.05, 4.69) is 10.2 Å². The van der Waals surface area contributed by atoms with E-state index in [-0.39, 0.29) is 6.04 Å². The van der Waals surface area contributed by atoms with Crippen molar-refractivity contribution in [3.05, 3.63) is 35.4 Å². The predicted molar refractivity (Wildman–Crippen MR) is 73.0 cm³/mol. The van der Waals surface area contributed by atoms with E-state index in [4.69, 9.17) is 0 Å². The summed E-state index contributed by atoms with van der Waals surface area (Å²) in [5.41, 5.74) is 0.706. The molecule has 2 nitrogen and oxygen atoms in total. The molecule has 1 aliphatic heterocycles. The topological polar surface area (TPSA) is 15.3 Å². The SMILES string of the molecule is CC(c1cc(F)cc(F)c1)N(C)C1CCCNCC1. The van der Waals surface area contributed by atoms with Gasteiger partial charge in [-0.15, -0.1) is 0 Å². The van der Waals surface area contributed by atoms with Crippen molar-refractivity contribution in [2.45, 2.75) is 38.3 Å². The summed E-state index contributed by atoms with van der Waals surface area (Å²) in [4.78, 5) is 2.24. The minimum absolute atomic E-state index is 0.0216. The molecule has 1 fully saturated rings. The molecule has 0 aromatic heterocycles. The number of benzene rings is 1. The lowest BCUT2D eigenvalue weighted by molar-refractivity contribution is 0.170. The third kappa shape index (κ3) is 3.74. The molecule has 19 heavy (non-hydrogen) atoms. The largest absolute Gasteiger partial charge is 0.317 e. The Kier molecular flexibility index (Phi) is 4.88. The zero-order valence-electron chi connectivity index (χ0n) is 11.6. The molecule has 2 unspecified atom stereocenters. The van der Waals surface area contributed by atoms with E-state index in [9.17, 15) is 8.78 Å². The predicted octanol–water partition coefficient (Wildman–Crippen LogP) is 3.10. The van der Waals surface area contributed by atoms with Crippen LogP contribution in [0.3, 0.4) is 0 Å². The molecule has 0 spiro atoms. The van der Waals surface area contributed by atoms with Crippen LogP contribution < -0.4 is 5.32 Å². The van der Waals surface area contributed by atoms with Crippen molar-refractivity contribution in [2.24, 2.45) is 0 Å². The molecule has 0 radical (unpaired) electrons. The van der Waals surface area contributed by atoms with Gasteiger partial charge in [0.15, 0.2) is 0 Å². The van der Waals surface area contributed by atoms with E-state index in [1.807, 2.05) is 14.0 Å². The van der Waals surface area contributed by atoms with Crippen molar-refractivity contribution in [1.29, 1.82) is 0 Å². The van der Waals surface area contributed by atoms with Crippen LogP contribution in [0, 0.1) is 11.6 Å². The zero-order valence-corrected chi connectivity index (χ0v) is 11.6. The molecular weight excluding hydrogens is 246 g/mol. The fourth-order valence-corrected chi connectivity index (χ4v) is 2.78. The summed E-state index contributed by atoms with van der Waals surface area (Å²) in [6.45, 7) is 4.08. The Morgan fingerprint density at radius 1 is 1.16 bits per heavy atom.